The first kappa shape index (κ1) is 13.3. The van der Waals surface area contributed by atoms with E-state index in [2.05, 4.69) is 5.32 Å². The summed E-state index contributed by atoms with van der Waals surface area (Å²) in [4.78, 5) is 0. The average molecular weight is 244 g/mol. The average Bonchev–Trinajstić information content (AvgIpc) is 2.29. The van der Waals surface area contributed by atoms with Crippen LogP contribution in [0.3, 0.4) is 0 Å². The molecule has 0 aromatic heterocycles. The van der Waals surface area contributed by atoms with Gasteiger partial charge >= 0.3 is 0 Å². The fraction of sp³-hybridized carbons (Fsp3) is 0.500. The van der Waals surface area contributed by atoms with E-state index in [9.17, 15) is 5.11 Å². The molecule has 0 aliphatic heterocycles. The van der Waals surface area contributed by atoms with Crippen LogP contribution in [0.2, 0.25) is 5.02 Å². The lowest BCUT2D eigenvalue weighted by atomic mass is 9.98. The molecule has 1 rings (SSSR count). The fourth-order valence-electron chi connectivity index (χ4n) is 1.57. The molecule has 1 aromatic rings. The Morgan fingerprint density at radius 2 is 2.06 bits per heavy atom. The molecule has 2 unspecified atom stereocenters. The Balaban J connectivity index is 3.10. The van der Waals surface area contributed by atoms with Crippen LogP contribution in [0.5, 0.6) is 5.75 Å². The molecular weight excluding hydrogens is 226 g/mol. The lowest BCUT2D eigenvalue weighted by molar-refractivity contribution is 0.139. The van der Waals surface area contributed by atoms with Gasteiger partial charge < -0.3 is 15.2 Å². The highest BCUT2D eigenvalue weighted by molar-refractivity contribution is 6.32. The van der Waals surface area contributed by atoms with Crippen molar-refractivity contribution in [1.29, 1.82) is 0 Å². The SMILES string of the molecule is CNC(C)C(O)c1cc(Cl)c(OC)cc1C. The van der Waals surface area contributed by atoms with E-state index in [1.807, 2.05) is 27.0 Å². The maximum Gasteiger partial charge on any atom is 0.137 e. The molecule has 4 heteroatoms. The zero-order valence-electron chi connectivity index (χ0n) is 10.0. The van der Waals surface area contributed by atoms with Gasteiger partial charge in [0.15, 0.2) is 0 Å². The minimum absolute atomic E-state index is 0.0249. The van der Waals surface area contributed by atoms with E-state index < -0.39 is 6.10 Å². The van der Waals surface area contributed by atoms with Crippen molar-refractivity contribution in [3.05, 3.63) is 28.3 Å². The third-order valence-corrected chi connectivity index (χ3v) is 3.08. The van der Waals surface area contributed by atoms with E-state index in [0.29, 0.717) is 10.8 Å². The first-order chi connectivity index (χ1) is 7.51. The van der Waals surface area contributed by atoms with E-state index in [1.165, 1.54) is 0 Å². The van der Waals surface area contributed by atoms with Crippen LogP contribution >= 0.6 is 11.6 Å². The topological polar surface area (TPSA) is 41.5 Å². The van der Waals surface area contributed by atoms with E-state index in [0.717, 1.165) is 11.1 Å². The predicted octanol–water partition coefficient (Wildman–Crippen LogP) is 2.30. The number of aliphatic hydroxyl groups excluding tert-OH is 1. The number of methoxy groups -OCH3 is 1. The Morgan fingerprint density at radius 3 is 2.56 bits per heavy atom. The van der Waals surface area contributed by atoms with Gasteiger partial charge in [-0.1, -0.05) is 11.6 Å². The number of aliphatic hydroxyl groups is 1. The minimum atomic E-state index is -0.576. The Morgan fingerprint density at radius 1 is 1.44 bits per heavy atom. The number of ether oxygens (including phenoxy) is 1. The van der Waals surface area contributed by atoms with Crippen molar-refractivity contribution in [3.8, 4) is 5.75 Å². The summed E-state index contributed by atoms with van der Waals surface area (Å²) in [5.74, 6) is 0.632. The van der Waals surface area contributed by atoms with Gasteiger partial charge in [0.05, 0.1) is 18.2 Å². The van der Waals surface area contributed by atoms with Crippen LogP contribution < -0.4 is 10.1 Å². The molecule has 0 fully saturated rings. The third-order valence-electron chi connectivity index (χ3n) is 2.79. The predicted molar refractivity (Wildman–Crippen MR) is 66.2 cm³/mol. The van der Waals surface area contributed by atoms with Gasteiger partial charge in [-0.2, -0.15) is 0 Å². The quantitative estimate of drug-likeness (QED) is 0.853. The molecule has 0 aliphatic carbocycles. The number of aryl methyl sites for hydroxylation is 1. The van der Waals surface area contributed by atoms with Crippen LogP contribution in [0.25, 0.3) is 0 Å². The molecule has 0 radical (unpaired) electrons. The van der Waals surface area contributed by atoms with Crippen molar-refractivity contribution in [3.63, 3.8) is 0 Å². The highest BCUT2D eigenvalue weighted by Crippen LogP contribution is 2.31. The van der Waals surface area contributed by atoms with Gasteiger partial charge in [0.25, 0.3) is 0 Å². The van der Waals surface area contributed by atoms with Crippen LogP contribution in [0, 0.1) is 6.92 Å². The number of halogens is 1. The summed E-state index contributed by atoms with van der Waals surface area (Å²) in [7, 11) is 3.39. The summed E-state index contributed by atoms with van der Waals surface area (Å²) in [5, 5.41) is 13.6. The van der Waals surface area contributed by atoms with Gasteiger partial charge in [0, 0.05) is 6.04 Å². The number of hydrogen-bond acceptors (Lipinski definition) is 3. The molecule has 0 saturated heterocycles. The largest absolute Gasteiger partial charge is 0.495 e. The standard InChI is InChI=1S/C12H18ClNO2/c1-7-5-11(16-4)10(13)6-9(7)12(15)8(2)14-3/h5-6,8,12,14-15H,1-4H3. The van der Waals surface area contributed by atoms with Crippen molar-refractivity contribution < 1.29 is 9.84 Å². The van der Waals surface area contributed by atoms with E-state index in [-0.39, 0.29) is 6.04 Å². The van der Waals surface area contributed by atoms with Crippen molar-refractivity contribution in [2.24, 2.45) is 0 Å². The molecule has 2 N–H and O–H groups in total. The van der Waals surface area contributed by atoms with Gasteiger partial charge in [0.1, 0.15) is 5.75 Å². The Hall–Kier alpha value is -0.770. The van der Waals surface area contributed by atoms with Crippen molar-refractivity contribution >= 4 is 11.6 Å². The summed E-state index contributed by atoms with van der Waals surface area (Å²) in [6.45, 7) is 3.85. The summed E-state index contributed by atoms with van der Waals surface area (Å²) in [5.41, 5.74) is 1.79. The summed E-state index contributed by atoms with van der Waals surface area (Å²) >= 11 is 6.04. The van der Waals surface area contributed by atoms with Crippen LogP contribution in [-0.4, -0.2) is 25.3 Å². The fourth-order valence-corrected chi connectivity index (χ4v) is 1.82. The number of hydrogen-bond donors (Lipinski definition) is 2. The second-order valence-corrected chi connectivity index (χ2v) is 4.27. The van der Waals surface area contributed by atoms with Crippen LogP contribution in [-0.2, 0) is 0 Å². The molecular formula is C12H18ClNO2. The number of rotatable bonds is 4. The first-order valence-electron chi connectivity index (χ1n) is 5.20. The highest BCUT2D eigenvalue weighted by atomic mass is 35.5. The minimum Gasteiger partial charge on any atom is -0.495 e. The lowest BCUT2D eigenvalue weighted by Gasteiger charge is -2.21. The van der Waals surface area contributed by atoms with Crippen LogP contribution in [0.15, 0.2) is 12.1 Å². The molecule has 16 heavy (non-hydrogen) atoms. The van der Waals surface area contributed by atoms with Gasteiger partial charge in [0.2, 0.25) is 0 Å². The Labute approximate surface area is 101 Å². The van der Waals surface area contributed by atoms with Gasteiger partial charge in [-0.25, -0.2) is 0 Å². The zero-order valence-corrected chi connectivity index (χ0v) is 10.8. The second kappa shape index (κ2) is 5.53. The van der Waals surface area contributed by atoms with Crippen molar-refractivity contribution in [2.45, 2.75) is 26.0 Å². The molecule has 1 aromatic carbocycles. The van der Waals surface area contributed by atoms with Gasteiger partial charge in [-0.15, -0.1) is 0 Å². The summed E-state index contributed by atoms with van der Waals surface area (Å²) in [6.07, 6.45) is -0.576. The maximum atomic E-state index is 10.1. The maximum absolute atomic E-state index is 10.1. The van der Waals surface area contributed by atoms with Crippen LogP contribution in [0.1, 0.15) is 24.2 Å². The molecule has 3 nitrogen and oxygen atoms in total. The lowest BCUT2D eigenvalue weighted by Crippen LogP contribution is -2.29. The molecule has 0 saturated carbocycles. The Bertz CT molecular complexity index is 368. The van der Waals surface area contributed by atoms with Crippen LogP contribution in [0.4, 0.5) is 0 Å². The smallest absolute Gasteiger partial charge is 0.137 e. The summed E-state index contributed by atoms with van der Waals surface area (Å²) < 4.78 is 5.12. The summed E-state index contributed by atoms with van der Waals surface area (Å²) in [6, 6.07) is 3.57. The molecule has 2 atom stereocenters. The molecule has 0 amide bonds. The van der Waals surface area contributed by atoms with E-state index >= 15 is 0 Å². The molecule has 90 valence electrons. The molecule has 0 bridgehead atoms. The van der Waals surface area contributed by atoms with Gasteiger partial charge in [-0.3, -0.25) is 0 Å². The highest BCUT2D eigenvalue weighted by Gasteiger charge is 2.18. The number of benzene rings is 1. The molecule has 0 spiro atoms. The molecule has 0 aliphatic rings. The second-order valence-electron chi connectivity index (χ2n) is 3.87. The number of likely N-dealkylation sites (N-methyl/N-ethyl adjacent to an activating group) is 1. The van der Waals surface area contributed by atoms with E-state index in [1.54, 1.807) is 13.2 Å². The molecule has 0 heterocycles. The van der Waals surface area contributed by atoms with Gasteiger partial charge in [-0.05, 0) is 44.2 Å². The zero-order chi connectivity index (χ0) is 12.3. The monoisotopic (exact) mass is 243 g/mol. The Kier molecular flexibility index (Phi) is 4.59. The van der Waals surface area contributed by atoms with Crippen molar-refractivity contribution in [1.82, 2.24) is 5.32 Å². The number of nitrogens with one attached hydrogen (secondary N) is 1. The normalized spacial score (nSPS) is 14.6. The third kappa shape index (κ3) is 2.67. The van der Waals surface area contributed by atoms with E-state index in [4.69, 9.17) is 16.3 Å². The first-order valence-corrected chi connectivity index (χ1v) is 5.58. The van der Waals surface area contributed by atoms with Crippen molar-refractivity contribution in [2.75, 3.05) is 14.2 Å².